The number of benzene rings is 2. The van der Waals surface area contributed by atoms with E-state index in [2.05, 4.69) is 30.3 Å². The van der Waals surface area contributed by atoms with E-state index in [1.54, 1.807) is 18.3 Å². The van der Waals surface area contributed by atoms with E-state index in [4.69, 9.17) is 4.74 Å². The standard InChI is InChI=1S/C23H27N3O2/c1-4-8-22-20(15-24-21-10-7-6-9-18(21)5-2)23(27)26(25-22)16-17-11-13-19(28-3)14-12-17/h6-7,9-15,24H,4-5,8,16H2,1-3H3. The minimum Gasteiger partial charge on any atom is -0.497 e. The summed E-state index contributed by atoms with van der Waals surface area (Å²) in [5.74, 6) is 0.729. The van der Waals surface area contributed by atoms with Crippen molar-refractivity contribution in [2.24, 2.45) is 5.10 Å². The van der Waals surface area contributed by atoms with Crippen LogP contribution in [0.3, 0.4) is 0 Å². The van der Waals surface area contributed by atoms with Gasteiger partial charge in [-0.05, 0) is 42.2 Å². The molecule has 1 aliphatic heterocycles. The number of amides is 1. The number of hydrogen-bond donors (Lipinski definition) is 1. The second-order valence-corrected chi connectivity index (χ2v) is 6.72. The van der Waals surface area contributed by atoms with Crippen LogP contribution in [0.15, 0.2) is 65.4 Å². The number of anilines is 1. The van der Waals surface area contributed by atoms with Crippen molar-refractivity contribution in [3.8, 4) is 5.75 Å². The van der Waals surface area contributed by atoms with Crippen molar-refractivity contribution in [2.75, 3.05) is 12.4 Å². The van der Waals surface area contributed by atoms with Gasteiger partial charge in [-0.2, -0.15) is 5.10 Å². The Kier molecular flexibility index (Phi) is 6.48. The molecule has 0 saturated carbocycles. The Morgan fingerprint density at radius 2 is 1.86 bits per heavy atom. The number of methoxy groups -OCH3 is 1. The fourth-order valence-electron chi connectivity index (χ4n) is 3.20. The minimum atomic E-state index is -0.0688. The Hall–Kier alpha value is -3.08. The number of nitrogens with zero attached hydrogens (tertiary/aromatic N) is 2. The molecule has 0 spiro atoms. The molecule has 28 heavy (non-hydrogen) atoms. The number of para-hydroxylation sites is 1. The monoisotopic (exact) mass is 377 g/mol. The molecule has 3 rings (SSSR count). The SMILES string of the molecule is CCCC1=NN(Cc2ccc(OC)cc2)C(=O)C1=CNc1ccccc1CC. The Bertz CT molecular complexity index is 885. The van der Waals surface area contributed by atoms with Crippen LogP contribution in [0.25, 0.3) is 0 Å². The van der Waals surface area contributed by atoms with Crippen molar-refractivity contribution in [3.63, 3.8) is 0 Å². The van der Waals surface area contributed by atoms with E-state index < -0.39 is 0 Å². The fourth-order valence-corrected chi connectivity index (χ4v) is 3.20. The van der Waals surface area contributed by atoms with Crippen molar-refractivity contribution >= 4 is 17.3 Å². The third-order valence-electron chi connectivity index (χ3n) is 4.77. The third kappa shape index (κ3) is 4.42. The number of aryl methyl sites for hydroxylation is 1. The van der Waals surface area contributed by atoms with Crippen molar-refractivity contribution in [1.29, 1.82) is 0 Å². The van der Waals surface area contributed by atoms with E-state index in [1.165, 1.54) is 5.56 Å². The van der Waals surface area contributed by atoms with Crippen molar-refractivity contribution in [1.82, 2.24) is 5.01 Å². The molecule has 1 N–H and O–H groups in total. The number of hydrogen-bond acceptors (Lipinski definition) is 4. The van der Waals surface area contributed by atoms with Crippen LogP contribution in [0.4, 0.5) is 5.69 Å². The number of rotatable bonds is 8. The van der Waals surface area contributed by atoms with E-state index in [1.807, 2.05) is 42.5 Å². The Balaban J connectivity index is 1.79. The second-order valence-electron chi connectivity index (χ2n) is 6.72. The highest BCUT2D eigenvalue weighted by molar-refractivity contribution is 6.24. The zero-order valence-corrected chi connectivity index (χ0v) is 16.7. The average Bonchev–Trinajstić information content (AvgIpc) is 3.02. The van der Waals surface area contributed by atoms with Crippen molar-refractivity contribution < 1.29 is 9.53 Å². The molecule has 0 aromatic heterocycles. The van der Waals surface area contributed by atoms with Gasteiger partial charge in [-0.25, -0.2) is 5.01 Å². The van der Waals surface area contributed by atoms with Gasteiger partial charge in [0, 0.05) is 11.9 Å². The van der Waals surface area contributed by atoms with Crippen molar-refractivity contribution in [2.45, 2.75) is 39.7 Å². The molecule has 0 aliphatic carbocycles. The highest BCUT2D eigenvalue weighted by atomic mass is 16.5. The number of carbonyl (C=O) groups excluding carboxylic acids is 1. The zero-order chi connectivity index (χ0) is 19.9. The zero-order valence-electron chi connectivity index (χ0n) is 16.7. The lowest BCUT2D eigenvalue weighted by molar-refractivity contribution is -0.126. The Morgan fingerprint density at radius 1 is 1.11 bits per heavy atom. The molecule has 0 unspecified atom stereocenters. The Labute approximate surface area is 166 Å². The van der Waals surface area contributed by atoms with Gasteiger partial charge < -0.3 is 10.1 Å². The molecule has 2 aromatic carbocycles. The molecule has 0 radical (unpaired) electrons. The summed E-state index contributed by atoms with van der Waals surface area (Å²) in [6.45, 7) is 4.66. The summed E-state index contributed by atoms with van der Waals surface area (Å²) in [4.78, 5) is 13.0. The first kappa shape index (κ1) is 19.7. The molecule has 146 valence electrons. The van der Waals surface area contributed by atoms with Gasteiger partial charge in [-0.3, -0.25) is 4.79 Å². The lowest BCUT2D eigenvalue weighted by Gasteiger charge is -2.12. The van der Waals surface area contributed by atoms with Gasteiger partial charge in [0.25, 0.3) is 5.91 Å². The number of ether oxygens (including phenoxy) is 1. The Morgan fingerprint density at radius 3 is 2.54 bits per heavy atom. The molecule has 1 heterocycles. The van der Waals surface area contributed by atoms with Crippen LogP contribution < -0.4 is 10.1 Å². The lowest BCUT2D eigenvalue weighted by Crippen LogP contribution is -2.22. The maximum absolute atomic E-state index is 13.0. The summed E-state index contributed by atoms with van der Waals surface area (Å²) in [5, 5.41) is 9.46. The number of hydrazone groups is 1. The predicted molar refractivity (Wildman–Crippen MR) is 113 cm³/mol. The van der Waals surface area contributed by atoms with E-state index >= 15 is 0 Å². The molecule has 0 saturated heterocycles. The number of carbonyl (C=O) groups is 1. The minimum absolute atomic E-state index is 0.0688. The summed E-state index contributed by atoms with van der Waals surface area (Å²) in [5.41, 5.74) is 4.73. The maximum Gasteiger partial charge on any atom is 0.277 e. The molecule has 0 atom stereocenters. The van der Waals surface area contributed by atoms with Crippen LogP contribution in [-0.2, 0) is 17.8 Å². The summed E-state index contributed by atoms with van der Waals surface area (Å²) in [7, 11) is 1.64. The van der Waals surface area contributed by atoms with Gasteiger partial charge in [0.1, 0.15) is 5.75 Å². The highest BCUT2D eigenvalue weighted by Crippen LogP contribution is 2.23. The maximum atomic E-state index is 13.0. The summed E-state index contributed by atoms with van der Waals surface area (Å²) >= 11 is 0. The molecular formula is C23H27N3O2. The first-order chi connectivity index (χ1) is 13.7. The van der Waals surface area contributed by atoms with Gasteiger partial charge >= 0.3 is 0 Å². The average molecular weight is 377 g/mol. The van der Waals surface area contributed by atoms with Crippen LogP contribution in [-0.4, -0.2) is 23.7 Å². The molecule has 2 aromatic rings. The van der Waals surface area contributed by atoms with Crippen LogP contribution in [0.1, 0.15) is 37.8 Å². The lowest BCUT2D eigenvalue weighted by atomic mass is 10.1. The van der Waals surface area contributed by atoms with Crippen molar-refractivity contribution in [3.05, 3.63) is 71.4 Å². The van der Waals surface area contributed by atoms with E-state index in [0.29, 0.717) is 12.1 Å². The summed E-state index contributed by atoms with van der Waals surface area (Å²) < 4.78 is 5.19. The van der Waals surface area contributed by atoms with E-state index in [9.17, 15) is 4.79 Å². The number of nitrogens with one attached hydrogen (secondary N) is 1. The molecule has 5 nitrogen and oxygen atoms in total. The highest BCUT2D eigenvalue weighted by Gasteiger charge is 2.29. The molecule has 0 bridgehead atoms. The fraction of sp³-hybridized carbons (Fsp3) is 0.304. The van der Waals surface area contributed by atoms with Gasteiger partial charge in [0.15, 0.2) is 0 Å². The first-order valence-corrected chi connectivity index (χ1v) is 9.73. The largest absolute Gasteiger partial charge is 0.497 e. The van der Waals surface area contributed by atoms with Crippen LogP contribution in [0, 0.1) is 0 Å². The van der Waals surface area contributed by atoms with Gasteiger partial charge in [-0.1, -0.05) is 50.6 Å². The smallest absolute Gasteiger partial charge is 0.277 e. The molecule has 1 aliphatic rings. The van der Waals surface area contributed by atoms with Gasteiger partial charge in [0.2, 0.25) is 0 Å². The molecule has 0 fully saturated rings. The first-order valence-electron chi connectivity index (χ1n) is 9.73. The van der Waals surface area contributed by atoms with E-state index in [-0.39, 0.29) is 5.91 Å². The van der Waals surface area contributed by atoms with Crippen LogP contribution in [0.2, 0.25) is 0 Å². The topological polar surface area (TPSA) is 53.9 Å². The quantitative estimate of drug-likeness (QED) is 0.675. The third-order valence-corrected chi connectivity index (χ3v) is 4.77. The molecule has 5 heteroatoms. The summed E-state index contributed by atoms with van der Waals surface area (Å²) in [6, 6.07) is 15.8. The van der Waals surface area contributed by atoms with E-state index in [0.717, 1.165) is 42.0 Å². The van der Waals surface area contributed by atoms with Crippen LogP contribution in [0.5, 0.6) is 5.75 Å². The normalized spacial score (nSPS) is 15.1. The second kappa shape index (κ2) is 9.22. The van der Waals surface area contributed by atoms with Crippen LogP contribution >= 0.6 is 0 Å². The summed E-state index contributed by atoms with van der Waals surface area (Å²) in [6.07, 6.45) is 4.44. The van der Waals surface area contributed by atoms with Gasteiger partial charge in [-0.15, -0.1) is 0 Å². The van der Waals surface area contributed by atoms with Gasteiger partial charge in [0.05, 0.1) is 24.9 Å². The predicted octanol–water partition coefficient (Wildman–Crippen LogP) is 4.75. The molecular weight excluding hydrogens is 350 g/mol. The molecule has 1 amide bonds.